The first-order chi connectivity index (χ1) is 10.4. The zero-order chi connectivity index (χ0) is 15.8. The Morgan fingerprint density at radius 1 is 1.18 bits per heavy atom. The Balaban J connectivity index is 1.71. The van der Waals surface area contributed by atoms with Gasteiger partial charge in [0.15, 0.2) is 11.6 Å². The van der Waals surface area contributed by atoms with Gasteiger partial charge in [-0.25, -0.2) is 0 Å². The predicted molar refractivity (Wildman–Crippen MR) is 76.9 cm³/mol. The van der Waals surface area contributed by atoms with Gasteiger partial charge in [0.2, 0.25) is 0 Å². The van der Waals surface area contributed by atoms with Gasteiger partial charge in [-0.3, -0.25) is 9.59 Å². The summed E-state index contributed by atoms with van der Waals surface area (Å²) in [4.78, 5) is 25.0. The molecular formula is C17H24O5. The molecule has 5 heteroatoms. The Morgan fingerprint density at radius 3 is 2.50 bits per heavy atom. The van der Waals surface area contributed by atoms with E-state index in [1.807, 2.05) is 0 Å². The highest BCUT2D eigenvalue weighted by molar-refractivity contribution is 6.03. The number of hydrogen-bond acceptors (Lipinski definition) is 5. The standard InChI is InChI=1S/C17H24O5/c1-14-6-7-17(21-8-9-22-17)15(2)10-16(14,15)5-4-11(12(14)18)13(19)20-3/h11H,4-10H2,1-3H3/t11?,14-,15?,16+/m1/s1. The van der Waals surface area contributed by atoms with Gasteiger partial charge in [0.25, 0.3) is 0 Å². The summed E-state index contributed by atoms with van der Waals surface area (Å²) in [6.07, 6.45) is 3.89. The van der Waals surface area contributed by atoms with Crippen LogP contribution in [-0.2, 0) is 23.8 Å². The van der Waals surface area contributed by atoms with Crippen molar-refractivity contribution in [3.05, 3.63) is 0 Å². The quantitative estimate of drug-likeness (QED) is 0.548. The van der Waals surface area contributed by atoms with Crippen molar-refractivity contribution in [3.8, 4) is 0 Å². The van der Waals surface area contributed by atoms with Crippen molar-refractivity contribution in [2.24, 2.45) is 22.2 Å². The van der Waals surface area contributed by atoms with Crippen molar-refractivity contribution < 1.29 is 23.8 Å². The van der Waals surface area contributed by atoms with Gasteiger partial charge in [0.1, 0.15) is 5.92 Å². The van der Waals surface area contributed by atoms with E-state index in [1.54, 1.807) is 0 Å². The summed E-state index contributed by atoms with van der Waals surface area (Å²) in [7, 11) is 1.36. The van der Waals surface area contributed by atoms with Crippen LogP contribution < -0.4 is 0 Å². The number of methoxy groups -OCH3 is 1. The van der Waals surface area contributed by atoms with Gasteiger partial charge in [-0.05, 0) is 31.1 Å². The van der Waals surface area contributed by atoms with Gasteiger partial charge in [0.05, 0.1) is 20.3 Å². The van der Waals surface area contributed by atoms with Crippen molar-refractivity contribution >= 4 is 11.8 Å². The minimum atomic E-state index is -0.593. The fourth-order valence-corrected chi connectivity index (χ4v) is 5.98. The third-order valence-electron chi connectivity index (χ3n) is 7.40. The molecule has 5 nitrogen and oxygen atoms in total. The molecule has 1 saturated heterocycles. The highest BCUT2D eigenvalue weighted by Gasteiger charge is 2.85. The molecule has 4 rings (SSSR count). The van der Waals surface area contributed by atoms with Crippen LogP contribution in [0.4, 0.5) is 0 Å². The maximum absolute atomic E-state index is 13.1. The molecule has 0 aromatic heterocycles. The zero-order valence-corrected chi connectivity index (χ0v) is 13.6. The Hall–Kier alpha value is -0.940. The van der Waals surface area contributed by atoms with Crippen LogP contribution >= 0.6 is 0 Å². The Morgan fingerprint density at radius 2 is 1.86 bits per heavy atom. The number of ether oxygens (including phenoxy) is 3. The first-order valence-corrected chi connectivity index (χ1v) is 8.26. The molecule has 0 N–H and O–H groups in total. The van der Waals surface area contributed by atoms with Crippen molar-refractivity contribution in [2.75, 3.05) is 20.3 Å². The smallest absolute Gasteiger partial charge is 0.316 e. The minimum Gasteiger partial charge on any atom is -0.468 e. The van der Waals surface area contributed by atoms with Gasteiger partial charge >= 0.3 is 5.97 Å². The van der Waals surface area contributed by atoms with E-state index in [1.165, 1.54) is 7.11 Å². The van der Waals surface area contributed by atoms with Crippen LogP contribution in [0.1, 0.15) is 46.0 Å². The van der Waals surface area contributed by atoms with Gasteiger partial charge in [0, 0.05) is 17.3 Å². The topological polar surface area (TPSA) is 61.8 Å². The lowest BCUT2D eigenvalue weighted by molar-refractivity contribution is -0.247. The van der Waals surface area contributed by atoms with Gasteiger partial charge in [-0.1, -0.05) is 13.8 Å². The summed E-state index contributed by atoms with van der Waals surface area (Å²) in [6.45, 7) is 5.54. The largest absolute Gasteiger partial charge is 0.468 e. The average Bonchev–Trinajstić information content (AvgIpc) is 2.91. The first-order valence-electron chi connectivity index (χ1n) is 8.26. The number of Topliss-reactive ketones (excluding diaryl/α,β-unsaturated/α-hetero) is 1. The molecule has 3 aliphatic carbocycles. The number of ketones is 1. The normalized spacial score (nSPS) is 48.7. The maximum atomic E-state index is 13.1. The maximum Gasteiger partial charge on any atom is 0.316 e. The summed E-state index contributed by atoms with van der Waals surface area (Å²) in [5, 5.41) is 0. The second-order valence-corrected chi connectivity index (χ2v) is 7.85. The molecule has 0 bridgehead atoms. The molecule has 0 radical (unpaired) electrons. The predicted octanol–water partition coefficient (Wildman–Crippen LogP) is 2.08. The molecular weight excluding hydrogens is 284 g/mol. The van der Waals surface area contributed by atoms with Crippen molar-refractivity contribution in [1.82, 2.24) is 0 Å². The number of fused-ring (bicyclic) bond motifs is 1. The summed E-state index contributed by atoms with van der Waals surface area (Å²) in [5.41, 5.74) is -0.649. The summed E-state index contributed by atoms with van der Waals surface area (Å²) in [6, 6.07) is 0. The number of carbonyl (C=O) groups is 2. The second kappa shape index (κ2) is 4.12. The monoisotopic (exact) mass is 308 g/mol. The third-order valence-corrected chi connectivity index (χ3v) is 7.40. The fraction of sp³-hybridized carbons (Fsp3) is 0.882. The van der Waals surface area contributed by atoms with E-state index < -0.39 is 17.1 Å². The third kappa shape index (κ3) is 1.34. The van der Waals surface area contributed by atoms with E-state index in [-0.39, 0.29) is 22.6 Å². The molecule has 4 atom stereocenters. The molecule has 2 unspecified atom stereocenters. The molecule has 1 aliphatic heterocycles. The van der Waals surface area contributed by atoms with E-state index in [4.69, 9.17) is 14.2 Å². The molecule has 4 aliphatic rings. The summed E-state index contributed by atoms with van der Waals surface area (Å²) < 4.78 is 16.9. The van der Waals surface area contributed by atoms with E-state index in [0.717, 1.165) is 25.7 Å². The van der Waals surface area contributed by atoms with E-state index in [0.29, 0.717) is 19.6 Å². The van der Waals surface area contributed by atoms with E-state index in [9.17, 15) is 9.59 Å². The zero-order valence-electron chi connectivity index (χ0n) is 13.6. The molecule has 2 spiro atoms. The number of rotatable bonds is 1. The van der Waals surface area contributed by atoms with Crippen LogP contribution in [-0.4, -0.2) is 37.9 Å². The highest BCUT2D eigenvalue weighted by atomic mass is 16.7. The number of carbonyl (C=O) groups excluding carboxylic acids is 2. The number of hydrogen-bond donors (Lipinski definition) is 0. The fourth-order valence-electron chi connectivity index (χ4n) is 5.98. The molecule has 0 aromatic rings. The van der Waals surface area contributed by atoms with Crippen LogP contribution in [0.3, 0.4) is 0 Å². The van der Waals surface area contributed by atoms with Crippen LogP contribution in [0, 0.1) is 22.2 Å². The first kappa shape index (κ1) is 14.6. The van der Waals surface area contributed by atoms with E-state index in [2.05, 4.69) is 13.8 Å². The molecule has 0 amide bonds. The molecule has 3 saturated carbocycles. The van der Waals surface area contributed by atoms with E-state index >= 15 is 0 Å². The Kier molecular flexibility index (Phi) is 2.74. The van der Waals surface area contributed by atoms with Gasteiger partial charge in [-0.15, -0.1) is 0 Å². The van der Waals surface area contributed by atoms with Crippen molar-refractivity contribution in [3.63, 3.8) is 0 Å². The van der Waals surface area contributed by atoms with Crippen LogP contribution in [0.25, 0.3) is 0 Å². The van der Waals surface area contributed by atoms with Crippen LogP contribution in [0.2, 0.25) is 0 Å². The molecule has 22 heavy (non-hydrogen) atoms. The molecule has 122 valence electrons. The van der Waals surface area contributed by atoms with Crippen LogP contribution in [0.15, 0.2) is 0 Å². The lowest BCUT2D eigenvalue weighted by Gasteiger charge is -2.53. The lowest BCUT2D eigenvalue weighted by atomic mass is 9.52. The minimum absolute atomic E-state index is 0.0715. The number of esters is 1. The second-order valence-electron chi connectivity index (χ2n) is 7.85. The Labute approximate surface area is 130 Å². The highest BCUT2D eigenvalue weighted by Crippen LogP contribution is 2.84. The molecule has 1 heterocycles. The average molecular weight is 308 g/mol. The van der Waals surface area contributed by atoms with Crippen LogP contribution in [0.5, 0.6) is 0 Å². The summed E-state index contributed by atoms with van der Waals surface area (Å²) >= 11 is 0. The SMILES string of the molecule is COC(=O)C1CC[C@@]23CC2(C)C2(CC[C@]3(C)C1=O)OCCO2. The van der Waals surface area contributed by atoms with Crippen molar-refractivity contribution in [1.29, 1.82) is 0 Å². The van der Waals surface area contributed by atoms with Gasteiger partial charge in [-0.2, -0.15) is 0 Å². The Bertz CT molecular complexity index is 551. The van der Waals surface area contributed by atoms with Gasteiger partial charge < -0.3 is 14.2 Å². The molecule has 0 aromatic carbocycles. The lowest BCUT2D eigenvalue weighted by Crippen LogP contribution is -2.58. The molecule has 4 fully saturated rings. The summed E-state index contributed by atoms with van der Waals surface area (Å²) in [5.74, 6) is -1.41. The van der Waals surface area contributed by atoms with Crippen molar-refractivity contribution in [2.45, 2.75) is 51.7 Å².